The van der Waals surface area contributed by atoms with Crippen LogP contribution in [0.1, 0.15) is 45.8 Å². The minimum atomic E-state index is -1.01. The van der Waals surface area contributed by atoms with E-state index < -0.39 is 23.0 Å². The summed E-state index contributed by atoms with van der Waals surface area (Å²) in [4.78, 5) is 24.7. The Morgan fingerprint density at radius 2 is 1.88 bits per heavy atom. The summed E-state index contributed by atoms with van der Waals surface area (Å²) in [6, 6.07) is 6.46. The van der Waals surface area contributed by atoms with Crippen molar-refractivity contribution in [3.8, 4) is 0 Å². The number of rotatable bonds is 5. The van der Waals surface area contributed by atoms with Crippen LogP contribution in [0.5, 0.6) is 0 Å². The van der Waals surface area contributed by atoms with E-state index >= 15 is 0 Å². The van der Waals surface area contributed by atoms with Crippen LogP contribution in [-0.2, 0) is 16.8 Å². The second kappa shape index (κ2) is 6.92. The maximum Gasteiger partial charge on any atom is 0.345 e. The Morgan fingerprint density at radius 1 is 1.16 bits per heavy atom. The zero-order chi connectivity index (χ0) is 18.0. The fourth-order valence-electron chi connectivity index (χ4n) is 3.40. The fraction of sp³-hybridized carbons (Fsp3) is 0.333. The van der Waals surface area contributed by atoms with Gasteiger partial charge in [0, 0.05) is 16.5 Å². The lowest BCUT2D eigenvalue weighted by molar-refractivity contribution is -0.126. The quantitative estimate of drug-likeness (QED) is 0.846. The van der Waals surface area contributed by atoms with Crippen molar-refractivity contribution in [2.45, 2.75) is 37.6 Å². The van der Waals surface area contributed by atoms with Crippen molar-refractivity contribution < 1.29 is 23.5 Å². The Morgan fingerprint density at radius 3 is 2.48 bits per heavy atom. The first-order valence-electron chi connectivity index (χ1n) is 7.98. The number of amides is 1. The zero-order valence-electron chi connectivity index (χ0n) is 13.4. The van der Waals surface area contributed by atoms with Gasteiger partial charge in [0.2, 0.25) is 5.91 Å². The first-order chi connectivity index (χ1) is 11.9. The lowest BCUT2D eigenvalue weighted by Crippen LogP contribution is -2.42. The molecule has 1 aromatic carbocycles. The molecule has 1 aliphatic carbocycles. The highest BCUT2D eigenvalue weighted by atomic mass is 32.1. The molecule has 2 aromatic rings. The van der Waals surface area contributed by atoms with Crippen molar-refractivity contribution in [2.75, 3.05) is 0 Å². The number of nitrogens with one attached hydrogen (secondary N) is 1. The van der Waals surface area contributed by atoms with Crippen LogP contribution in [0.15, 0.2) is 30.3 Å². The minimum Gasteiger partial charge on any atom is -0.477 e. The molecule has 4 nitrogen and oxygen atoms in total. The largest absolute Gasteiger partial charge is 0.477 e. The molecule has 1 heterocycles. The first-order valence-corrected chi connectivity index (χ1v) is 8.80. The van der Waals surface area contributed by atoms with E-state index in [1.165, 1.54) is 18.2 Å². The van der Waals surface area contributed by atoms with Gasteiger partial charge in [-0.05, 0) is 31.0 Å². The number of thiophene rings is 1. The molecule has 7 heteroatoms. The predicted octanol–water partition coefficient (Wildman–Crippen LogP) is 3.85. The van der Waals surface area contributed by atoms with E-state index in [0.29, 0.717) is 17.7 Å². The summed E-state index contributed by atoms with van der Waals surface area (Å²) in [6.45, 7) is 0.182. The van der Waals surface area contributed by atoms with Crippen molar-refractivity contribution in [3.63, 3.8) is 0 Å². The van der Waals surface area contributed by atoms with Gasteiger partial charge in [-0.3, -0.25) is 4.79 Å². The molecule has 1 fully saturated rings. The molecule has 3 rings (SSSR count). The molecular weight excluding hydrogens is 348 g/mol. The van der Waals surface area contributed by atoms with Crippen LogP contribution in [0.3, 0.4) is 0 Å². The molecule has 132 valence electrons. The standard InChI is InChI=1S/C18H17F2NO3S/c19-11-3-5-13(14(20)9-11)18(7-1-2-8-18)17(24)21-10-12-4-6-15(25-12)16(22)23/h3-6,9H,1-2,7-8,10H2,(H,21,24)(H,22,23). The van der Waals surface area contributed by atoms with Crippen LogP contribution in [0, 0.1) is 11.6 Å². The Balaban J connectivity index is 1.80. The number of aromatic carboxylic acids is 1. The molecule has 2 N–H and O–H groups in total. The number of carbonyl (C=O) groups excluding carboxylic acids is 1. The summed E-state index contributed by atoms with van der Waals surface area (Å²) in [5, 5.41) is 11.7. The number of carboxylic acids is 1. The van der Waals surface area contributed by atoms with Gasteiger partial charge in [-0.25, -0.2) is 13.6 Å². The van der Waals surface area contributed by atoms with Crippen LogP contribution in [-0.4, -0.2) is 17.0 Å². The van der Waals surface area contributed by atoms with Crippen LogP contribution in [0.4, 0.5) is 8.78 Å². The highest BCUT2D eigenvalue weighted by Crippen LogP contribution is 2.42. The molecule has 0 radical (unpaired) electrons. The third-order valence-corrected chi connectivity index (χ3v) is 5.71. The van der Waals surface area contributed by atoms with E-state index in [-0.39, 0.29) is 22.9 Å². The molecule has 25 heavy (non-hydrogen) atoms. The van der Waals surface area contributed by atoms with Crippen molar-refractivity contribution in [2.24, 2.45) is 0 Å². The number of hydrogen-bond donors (Lipinski definition) is 2. The van der Waals surface area contributed by atoms with Gasteiger partial charge < -0.3 is 10.4 Å². The average Bonchev–Trinajstić information content (AvgIpc) is 3.22. The summed E-state index contributed by atoms with van der Waals surface area (Å²) in [7, 11) is 0. The smallest absolute Gasteiger partial charge is 0.345 e. The summed E-state index contributed by atoms with van der Waals surface area (Å²) in [5.41, 5.74) is -0.772. The highest BCUT2D eigenvalue weighted by molar-refractivity contribution is 7.13. The number of carboxylic acid groups (broad SMARTS) is 1. The van der Waals surface area contributed by atoms with Crippen molar-refractivity contribution in [1.82, 2.24) is 5.32 Å². The molecule has 1 saturated carbocycles. The third kappa shape index (κ3) is 3.42. The number of hydrogen-bond acceptors (Lipinski definition) is 3. The zero-order valence-corrected chi connectivity index (χ0v) is 14.2. The van der Waals surface area contributed by atoms with Gasteiger partial charge in [0.15, 0.2) is 0 Å². The van der Waals surface area contributed by atoms with Gasteiger partial charge in [-0.15, -0.1) is 11.3 Å². The summed E-state index contributed by atoms with van der Waals surface area (Å²) in [6.07, 6.45) is 2.61. The first kappa shape index (κ1) is 17.5. The van der Waals surface area contributed by atoms with Crippen LogP contribution >= 0.6 is 11.3 Å². The van der Waals surface area contributed by atoms with E-state index in [0.717, 1.165) is 30.2 Å². The second-order valence-electron chi connectivity index (χ2n) is 6.17. The molecule has 0 atom stereocenters. The maximum absolute atomic E-state index is 14.3. The van der Waals surface area contributed by atoms with Gasteiger partial charge in [0.1, 0.15) is 16.5 Å². The fourth-order valence-corrected chi connectivity index (χ4v) is 4.19. The van der Waals surface area contributed by atoms with E-state index in [1.807, 2.05) is 0 Å². The summed E-state index contributed by atoms with van der Waals surface area (Å²) in [5.74, 6) is -2.69. The summed E-state index contributed by atoms with van der Waals surface area (Å²) >= 11 is 1.09. The van der Waals surface area contributed by atoms with Crippen LogP contribution in [0.2, 0.25) is 0 Å². The lowest BCUT2D eigenvalue weighted by Gasteiger charge is -2.28. The van der Waals surface area contributed by atoms with E-state index in [4.69, 9.17) is 5.11 Å². The molecule has 0 spiro atoms. The number of halogens is 2. The maximum atomic E-state index is 14.3. The van der Waals surface area contributed by atoms with Gasteiger partial charge in [0.05, 0.1) is 12.0 Å². The molecular formula is C18H17F2NO3S. The Bertz CT molecular complexity index is 812. The van der Waals surface area contributed by atoms with Gasteiger partial charge in [-0.1, -0.05) is 18.9 Å². The molecule has 1 amide bonds. The van der Waals surface area contributed by atoms with E-state index in [9.17, 15) is 18.4 Å². The van der Waals surface area contributed by atoms with E-state index in [1.54, 1.807) is 6.07 Å². The third-order valence-electron chi connectivity index (χ3n) is 4.63. The van der Waals surface area contributed by atoms with Gasteiger partial charge >= 0.3 is 5.97 Å². The SMILES string of the molecule is O=C(O)c1ccc(CNC(=O)C2(c3ccc(F)cc3F)CCCC2)s1. The molecule has 0 unspecified atom stereocenters. The molecule has 1 aliphatic rings. The second-order valence-corrected chi connectivity index (χ2v) is 7.34. The molecule has 0 saturated heterocycles. The van der Waals surface area contributed by atoms with Crippen molar-refractivity contribution >= 4 is 23.2 Å². The predicted molar refractivity (Wildman–Crippen MR) is 89.6 cm³/mol. The number of benzene rings is 1. The molecule has 1 aromatic heterocycles. The summed E-state index contributed by atoms with van der Waals surface area (Å²) < 4.78 is 27.5. The Labute approximate surface area is 147 Å². The number of carbonyl (C=O) groups is 2. The molecule has 0 aliphatic heterocycles. The normalized spacial score (nSPS) is 15.9. The van der Waals surface area contributed by atoms with Crippen LogP contribution in [0.25, 0.3) is 0 Å². The Hall–Kier alpha value is -2.28. The van der Waals surface area contributed by atoms with Crippen molar-refractivity contribution in [1.29, 1.82) is 0 Å². The Kier molecular flexibility index (Phi) is 4.85. The molecule has 0 bridgehead atoms. The lowest BCUT2D eigenvalue weighted by atomic mass is 9.77. The van der Waals surface area contributed by atoms with Gasteiger partial charge in [-0.2, -0.15) is 0 Å². The average molecular weight is 365 g/mol. The highest BCUT2D eigenvalue weighted by Gasteiger charge is 2.44. The minimum absolute atomic E-state index is 0.182. The monoisotopic (exact) mass is 365 g/mol. The topological polar surface area (TPSA) is 66.4 Å². The van der Waals surface area contributed by atoms with Crippen LogP contribution < -0.4 is 5.32 Å². The van der Waals surface area contributed by atoms with Gasteiger partial charge in [0.25, 0.3) is 0 Å². The van der Waals surface area contributed by atoms with E-state index in [2.05, 4.69) is 5.32 Å². The van der Waals surface area contributed by atoms with Crippen molar-refractivity contribution in [3.05, 3.63) is 57.3 Å².